The van der Waals surface area contributed by atoms with E-state index in [0.29, 0.717) is 0 Å². The average molecular weight is 859 g/mol. The standard InChI is InChI=1S/C62H39N2OP/c65-66-58-38-36-51-49-19-10-8-17-45(49)27-33-54(51)60(58)63(46-28-22-42(23-29-46)40-12-3-1-4-13-40)56-20-11-21-57(62(56)66)64(47-30-24-43(25-31-47)41-14-5-2-6-15-41)61-55-35-34-50-48-18-9-7-16-44(48)26-32-52(50)53(55)37-39-59(61)66/h1-39H. The van der Waals surface area contributed by atoms with Crippen molar-refractivity contribution in [3.63, 3.8) is 0 Å². The first-order valence-corrected chi connectivity index (χ1v) is 24.3. The van der Waals surface area contributed by atoms with Crippen LogP contribution in [-0.4, -0.2) is 0 Å². The van der Waals surface area contributed by atoms with Gasteiger partial charge in [-0.2, -0.15) is 0 Å². The molecule has 0 amide bonds. The van der Waals surface area contributed by atoms with Gasteiger partial charge in [0.05, 0.1) is 28.1 Å². The molecule has 2 heterocycles. The zero-order valence-electron chi connectivity index (χ0n) is 35.8. The molecule has 0 N–H and O–H groups in total. The van der Waals surface area contributed by atoms with Crippen molar-refractivity contribution in [3.05, 3.63) is 237 Å². The topological polar surface area (TPSA) is 23.6 Å². The van der Waals surface area contributed by atoms with Crippen LogP contribution in [0.5, 0.6) is 0 Å². The van der Waals surface area contributed by atoms with E-state index in [1.807, 2.05) is 0 Å². The van der Waals surface area contributed by atoms with Crippen molar-refractivity contribution in [2.24, 2.45) is 0 Å². The summed E-state index contributed by atoms with van der Waals surface area (Å²) in [6.45, 7) is 0. The van der Waals surface area contributed by atoms with E-state index in [4.69, 9.17) is 0 Å². The zero-order valence-corrected chi connectivity index (χ0v) is 36.7. The minimum atomic E-state index is -3.60. The number of anilines is 6. The van der Waals surface area contributed by atoms with Gasteiger partial charge in [0.1, 0.15) is 0 Å². The SMILES string of the molecule is O=P12c3ccc4c(ccc5ccccc54)c3N(c3ccc(-c4ccccc4)cc3)c3cccc(c31)N(c1ccc(-c3ccccc3)cc1)c1c2ccc2c1ccc1c3ccccc3ccc21. The van der Waals surface area contributed by atoms with Gasteiger partial charge in [-0.25, -0.2) is 0 Å². The highest BCUT2D eigenvalue weighted by Gasteiger charge is 2.49. The highest BCUT2D eigenvalue weighted by atomic mass is 31.2. The number of rotatable bonds is 4. The lowest BCUT2D eigenvalue weighted by molar-refractivity contribution is 0.592. The van der Waals surface area contributed by atoms with Crippen molar-refractivity contribution in [1.29, 1.82) is 0 Å². The molecule has 0 spiro atoms. The first-order valence-electron chi connectivity index (χ1n) is 22.6. The lowest BCUT2D eigenvalue weighted by Gasteiger charge is -2.45. The van der Waals surface area contributed by atoms with Gasteiger partial charge in [-0.3, -0.25) is 0 Å². The molecule has 12 aromatic rings. The van der Waals surface area contributed by atoms with Gasteiger partial charge in [0.15, 0.2) is 7.14 Å². The Morgan fingerprint density at radius 3 is 1.15 bits per heavy atom. The maximum absolute atomic E-state index is 17.5. The molecule has 0 aliphatic carbocycles. The molecular formula is C62H39N2OP. The molecule has 0 aromatic heterocycles. The van der Waals surface area contributed by atoms with Gasteiger partial charge in [0, 0.05) is 32.8 Å². The minimum Gasteiger partial charge on any atom is -0.308 e. The second kappa shape index (κ2) is 14.1. The van der Waals surface area contributed by atoms with Gasteiger partial charge in [-0.05, 0) is 114 Å². The van der Waals surface area contributed by atoms with Crippen molar-refractivity contribution in [2.45, 2.75) is 0 Å². The summed E-state index contributed by atoms with van der Waals surface area (Å²) < 4.78 is 17.5. The number of benzene rings is 12. The normalized spacial score (nSPS) is 15.0. The average Bonchev–Trinajstić information content (AvgIpc) is 3.39. The summed E-state index contributed by atoms with van der Waals surface area (Å²) in [4.78, 5) is 4.78. The predicted octanol–water partition coefficient (Wildman–Crippen LogP) is 16.0. The van der Waals surface area contributed by atoms with Crippen molar-refractivity contribution < 1.29 is 4.57 Å². The number of nitrogens with zero attached hydrogens (tertiary/aromatic N) is 2. The van der Waals surface area contributed by atoms with Crippen LogP contribution < -0.4 is 25.7 Å². The summed E-state index contributed by atoms with van der Waals surface area (Å²) in [5.41, 5.74) is 10.4. The third kappa shape index (κ3) is 5.23. The number of hydrogen-bond donors (Lipinski definition) is 0. The molecule has 12 aromatic carbocycles. The van der Waals surface area contributed by atoms with Crippen molar-refractivity contribution in [1.82, 2.24) is 0 Å². The molecule has 2 aliphatic rings. The fourth-order valence-electron chi connectivity index (χ4n) is 11.1. The molecule has 0 saturated carbocycles. The van der Waals surface area contributed by atoms with Crippen LogP contribution in [0.25, 0.3) is 76.1 Å². The Hall–Kier alpha value is -8.23. The Morgan fingerprint density at radius 1 is 0.273 bits per heavy atom. The first kappa shape index (κ1) is 37.2. The molecule has 66 heavy (non-hydrogen) atoms. The van der Waals surface area contributed by atoms with Gasteiger partial charge in [0.25, 0.3) is 0 Å². The smallest absolute Gasteiger partial charge is 0.179 e. The van der Waals surface area contributed by atoms with Crippen LogP contribution >= 0.6 is 7.14 Å². The maximum atomic E-state index is 17.5. The van der Waals surface area contributed by atoms with Crippen LogP contribution in [0.3, 0.4) is 0 Å². The first-order chi connectivity index (χ1) is 32.6. The largest absolute Gasteiger partial charge is 0.308 e. The Morgan fingerprint density at radius 2 is 0.636 bits per heavy atom. The van der Waals surface area contributed by atoms with Gasteiger partial charge in [-0.1, -0.05) is 188 Å². The summed E-state index contributed by atoms with van der Waals surface area (Å²) in [5, 5.41) is 14.2. The van der Waals surface area contributed by atoms with E-state index in [1.54, 1.807) is 0 Å². The molecule has 3 nitrogen and oxygen atoms in total. The second-order valence-electron chi connectivity index (χ2n) is 17.5. The van der Waals surface area contributed by atoms with Crippen LogP contribution in [-0.2, 0) is 4.57 Å². The van der Waals surface area contributed by atoms with Crippen molar-refractivity contribution >= 4 is 111 Å². The summed E-state index contributed by atoms with van der Waals surface area (Å²) >= 11 is 0. The van der Waals surface area contributed by atoms with E-state index in [-0.39, 0.29) is 0 Å². The van der Waals surface area contributed by atoms with Gasteiger partial charge < -0.3 is 14.4 Å². The minimum absolute atomic E-state index is 0.850. The summed E-state index contributed by atoms with van der Waals surface area (Å²) in [7, 11) is -3.60. The van der Waals surface area contributed by atoms with Crippen LogP contribution in [0.2, 0.25) is 0 Å². The maximum Gasteiger partial charge on any atom is 0.179 e. The summed E-state index contributed by atoms with van der Waals surface area (Å²) in [5.74, 6) is 0. The van der Waals surface area contributed by atoms with Crippen LogP contribution in [0.1, 0.15) is 0 Å². The van der Waals surface area contributed by atoms with Crippen LogP contribution in [0.15, 0.2) is 237 Å². The van der Waals surface area contributed by atoms with Crippen LogP contribution in [0, 0.1) is 0 Å². The highest BCUT2D eigenvalue weighted by molar-refractivity contribution is 7.86. The summed E-state index contributed by atoms with van der Waals surface area (Å²) in [6, 6.07) is 84.9. The monoisotopic (exact) mass is 858 g/mol. The molecule has 2 aliphatic heterocycles. The van der Waals surface area contributed by atoms with E-state index < -0.39 is 7.14 Å². The zero-order chi connectivity index (χ0) is 43.5. The lowest BCUT2D eigenvalue weighted by atomic mass is 9.95. The molecule has 0 radical (unpaired) electrons. The molecule has 0 saturated heterocycles. The Bertz CT molecular complexity index is 4010. The Kier molecular flexibility index (Phi) is 7.96. The molecular weight excluding hydrogens is 820 g/mol. The molecule has 0 bridgehead atoms. The quantitative estimate of drug-likeness (QED) is 0.130. The van der Waals surface area contributed by atoms with Crippen LogP contribution in [0.4, 0.5) is 34.1 Å². The predicted molar refractivity (Wildman–Crippen MR) is 281 cm³/mol. The van der Waals surface area contributed by atoms with Gasteiger partial charge >= 0.3 is 0 Å². The molecule has 1 atom stereocenters. The van der Waals surface area contributed by atoms with Crippen molar-refractivity contribution in [3.8, 4) is 22.3 Å². The molecule has 1 unspecified atom stereocenters. The van der Waals surface area contributed by atoms with Gasteiger partial charge in [-0.15, -0.1) is 0 Å². The summed E-state index contributed by atoms with van der Waals surface area (Å²) in [6.07, 6.45) is 0. The Balaban J connectivity index is 1.09. The molecule has 4 heteroatoms. The van der Waals surface area contributed by atoms with E-state index in [9.17, 15) is 0 Å². The highest BCUT2D eigenvalue weighted by Crippen LogP contribution is 2.63. The van der Waals surface area contributed by atoms with E-state index in [0.717, 1.165) is 82.7 Å². The van der Waals surface area contributed by atoms with E-state index in [1.165, 1.54) is 43.4 Å². The fourth-order valence-corrected chi connectivity index (χ4v) is 14.5. The lowest BCUT2D eigenvalue weighted by Crippen LogP contribution is -2.43. The Labute approximate surface area is 382 Å². The third-order valence-electron chi connectivity index (χ3n) is 14.1. The molecule has 14 rings (SSSR count). The van der Waals surface area contributed by atoms with Crippen molar-refractivity contribution in [2.75, 3.05) is 9.80 Å². The third-order valence-corrected chi connectivity index (χ3v) is 17.3. The van der Waals surface area contributed by atoms with Gasteiger partial charge in [0.2, 0.25) is 0 Å². The molecule has 0 fully saturated rings. The number of fused-ring (bicyclic) bond motifs is 14. The van der Waals surface area contributed by atoms with E-state index >= 15 is 4.57 Å². The second-order valence-corrected chi connectivity index (χ2v) is 20.2. The fraction of sp³-hybridized carbons (Fsp3) is 0. The van der Waals surface area contributed by atoms with E-state index in [2.05, 4.69) is 246 Å². The number of hydrogen-bond acceptors (Lipinski definition) is 3. The molecule has 308 valence electrons.